The van der Waals surface area contributed by atoms with E-state index in [0.29, 0.717) is 13.0 Å². The molecule has 90 valence electrons. The first-order chi connectivity index (χ1) is 7.94. The fourth-order valence-corrected chi connectivity index (χ4v) is 2.29. The Kier molecular flexibility index (Phi) is 2.77. The molecule has 0 N–H and O–H groups in total. The molecule has 3 nitrogen and oxygen atoms in total. The minimum atomic E-state index is -0.479. The summed E-state index contributed by atoms with van der Waals surface area (Å²) in [5, 5.41) is 0. The topological polar surface area (TPSA) is 37.4 Å². The van der Waals surface area contributed by atoms with Crippen molar-refractivity contribution in [2.75, 3.05) is 11.4 Å². The smallest absolute Gasteiger partial charge is 0.237 e. The highest BCUT2D eigenvalue weighted by atomic mass is 16.2. The fourth-order valence-electron chi connectivity index (χ4n) is 2.29. The van der Waals surface area contributed by atoms with Crippen molar-refractivity contribution in [3.63, 3.8) is 0 Å². The number of anilines is 1. The quantitative estimate of drug-likeness (QED) is 0.800. The van der Waals surface area contributed by atoms with Gasteiger partial charge in [0.1, 0.15) is 5.78 Å². The minimum absolute atomic E-state index is 0.0833. The van der Waals surface area contributed by atoms with Gasteiger partial charge in [-0.25, -0.2) is 0 Å². The normalized spacial score (nSPS) is 17.1. The Morgan fingerprint density at radius 2 is 1.94 bits per heavy atom. The maximum absolute atomic E-state index is 12.3. The summed E-state index contributed by atoms with van der Waals surface area (Å²) in [6, 6.07) is 7.81. The monoisotopic (exact) mass is 231 g/mol. The van der Waals surface area contributed by atoms with Crippen LogP contribution in [0.4, 0.5) is 5.69 Å². The summed E-state index contributed by atoms with van der Waals surface area (Å²) in [5.41, 5.74) is 1.52. The molecule has 0 fully saturated rings. The van der Waals surface area contributed by atoms with Crippen LogP contribution in [0.5, 0.6) is 0 Å². The van der Waals surface area contributed by atoms with Gasteiger partial charge in [-0.3, -0.25) is 9.59 Å². The largest absolute Gasteiger partial charge is 0.311 e. The lowest BCUT2D eigenvalue weighted by molar-refractivity contribution is -0.122. The zero-order valence-electron chi connectivity index (χ0n) is 10.5. The lowest BCUT2D eigenvalue weighted by Gasteiger charge is -2.19. The van der Waals surface area contributed by atoms with Gasteiger partial charge in [-0.2, -0.15) is 0 Å². The molecule has 0 atom stereocenters. The Hall–Kier alpha value is -1.64. The second-order valence-corrected chi connectivity index (χ2v) is 5.05. The van der Waals surface area contributed by atoms with Gasteiger partial charge in [0.05, 0.1) is 5.41 Å². The van der Waals surface area contributed by atoms with E-state index in [1.165, 1.54) is 0 Å². The van der Waals surface area contributed by atoms with Crippen LogP contribution in [-0.2, 0) is 15.0 Å². The molecule has 1 aromatic carbocycles. The summed E-state index contributed by atoms with van der Waals surface area (Å²) in [7, 11) is 0. The molecule has 0 aliphatic carbocycles. The SMILES string of the molecule is CC(=O)CCN1C(=O)C(C)(C)c2ccccc21. The van der Waals surface area contributed by atoms with Crippen molar-refractivity contribution >= 4 is 17.4 Å². The Balaban J connectivity index is 2.36. The van der Waals surface area contributed by atoms with Crippen molar-refractivity contribution in [3.05, 3.63) is 29.8 Å². The molecule has 0 saturated carbocycles. The van der Waals surface area contributed by atoms with Crippen LogP contribution in [0.25, 0.3) is 0 Å². The third-order valence-electron chi connectivity index (χ3n) is 3.34. The Bertz CT molecular complexity index is 477. The van der Waals surface area contributed by atoms with E-state index in [2.05, 4.69) is 0 Å². The van der Waals surface area contributed by atoms with Crippen molar-refractivity contribution in [1.82, 2.24) is 0 Å². The highest BCUT2D eigenvalue weighted by Crippen LogP contribution is 2.41. The Morgan fingerprint density at radius 3 is 2.59 bits per heavy atom. The average Bonchev–Trinajstić information content (AvgIpc) is 2.47. The number of carbonyl (C=O) groups excluding carboxylic acids is 2. The molecule has 0 saturated heterocycles. The number of amides is 1. The van der Waals surface area contributed by atoms with Crippen molar-refractivity contribution in [1.29, 1.82) is 0 Å². The number of ketones is 1. The van der Waals surface area contributed by atoms with Gasteiger partial charge in [0, 0.05) is 18.7 Å². The fraction of sp³-hybridized carbons (Fsp3) is 0.429. The highest BCUT2D eigenvalue weighted by molar-refractivity contribution is 6.07. The number of Topliss-reactive ketones (excluding diaryl/α,β-unsaturated/α-hetero) is 1. The lowest BCUT2D eigenvalue weighted by Crippen LogP contribution is -2.37. The summed E-state index contributed by atoms with van der Waals surface area (Å²) in [4.78, 5) is 25.1. The van der Waals surface area contributed by atoms with Crippen LogP contribution in [-0.4, -0.2) is 18.2 Å². The molecule has 0 bridgehead atoms. The van der Waals surface area contributed by atoms with Gasteiger partial charge in [0.2, 0.25) is 5.91 Å². The molecule has 17 heavy (non-hydrogen) atoms. The first kappa shape index (κ1) is 11.8. The van der Waals surface area contributed by atoms with Crippen LogP contribution in [0, 0.1) is 0 Å². The first-order valence-electron chi connectivity index (χ1n) is 5.85. The molecule has 0 aromatic heterocycles. The molecular weight excluding hydrogens is 214 g/mol. The third-order valence-corrected chi connectivity index (χ3v) is 3.34. The van der Waals surface area contributed by atoms with Gasteiger partial charge in [0.15, 0.2) is 0 Å². The highest BCUT2D eigenvalue weighted by Gasteiger charge is 2.43. The summed E-state index contributed by atoms with van der Waals surface area (Å²) in [6.45, 7) is 5.90. The average molecular weight is 231 g/mol. The molecule has 2 rings (SSSR count). The molecule has 1 aliphatic heterocycles. The van der Waals surface area contributed by atoms with E-state index in [1.54, 1.807) is 11.8 Å². The molecule has 1 aliphatic rings. The number of benzene rings is 1. The summed E-state index contributed by atoms with van der Waals surface area (Å²) in [5.74, 6) is 0.194. The summed E-state index contributed by atoms with van der Waals surface area (Å²) < 4.78 is 0. The van der Waals surface area contributed by atoms with Crippen molar-refractivity contribution < 1.29 is 9.59 Å². The number of hydrogen-bond donors (Lipinski definition) is 0. The zero-order chi connectivity index (χ0) is 12.6. The van der Waals surface area contributed by atoms with Crippen LogP contribution in [0.2, 0.25) is 0 Å². The molecule has 0 radical (unpaired) electrons. The summed E-state index contributed by atoms with van der Waals surface area (Å²) >= 11 is 0. The Morgan fingerprint density at radius 1 is 1.29 bits per heavy atom. The van der Waals surface area contributed by atoms with E-state index < -0.39 is 5.41 Å². The standard InChI is InChI=1S/C14H17NO2/c1-10(16)8-9-15-12-7-5-4-6-11(12)14(2,3)13(15)17/h4-7H,8-9H2,1-3H3. The van der Waals surface area contributed by atoms with Gasteiger partial charge in [0.25, 0.3) is 0 Å². The number of hydrogen-bond acceptors (Lipinski definition) is 2. The number of nitrogens with zero attached hydrogens (tertiary/aromatic N) is 1. The van der Waals surface area contributed by atoms with E-state index in [-0.39, 0.29) is 11.7 Å². The van der Waals surface area contributed by atoms with Gasteiger partial charge in [-0.05, 0) is 32.4 Å². The van der Waals surface area contributed by atoms with Crippen LogP contribution < -0.4 is 4.90 Å². The predicted molar refractivity (Wildman–Crippen MR) is 67.1 cm³/mol. The van der Waals surface area contributed by atoms with E-state index in [9.17, 15) is 9.59 Å². The second-order valence-electron chi connectivity index (χ2n) is 5.05. The van der Waals surface area contributed by atoms with E-state index >= 15 is 0 Å². The third kappa shape index (κ3) is 1.86. The second kappa shape index (κ2) is 3.99. The van der Waals surface area contributed by atoms with Gasteiger partial charge in [-0.1, -0.05) is 18.2 Å². The minimum Gasteiger partial charge on any atom is -0.311 e. The molecule has 3 heteroatoms. The van der Waals surface area contributed by atoms with Crippen LogP contribution in [0.15, 0.2) is 24.3 Å². The number of carbonyl (C=O) groups is 2. The van der Waals surface area contributed by atoms with E-state index in [4.69, 9.17) is 0 Å². The van der Waals surface area contributed by atoms with Crippen LogP contribution >= 0.6 is 0 Å². The molecule has 1 amide bonds. The van der Waals surface area contributed by atoms with E-state index in [1.807, 2.05) is 38.1 Å². The Labute approximate surface area is 101 Å². The first-order valence-corrected chi connectivity index (χ1v) is 5.85. The van der Waals surface area contributed by atoms with Crippen molar-refractivity contribution in [3.8, 4) is 0 Å². The number of para-hydroxylation sites is 1. The summed E-state index contributed by atoms with van der Waals surface area (Å²) in [6.07, 6.45) is 0.413. The predicted octanol–water partition coefficient (Wildman–Crippen LogP) is 2.29. The van der Waals surface area contributed by atoms with Gasteiger partial charge < -0.3 is 4.90 Å². The zero-order valence-corrected chi connectivity index (χ0v) is 10.5. The molecule has 1 aromatic rings. The van der Waals surface area contributed by atoms with Crippen LogP contribution in [0.3, 0.4) is 0 Å². The van der Waals surface area contributed by atoms with Crippen molar-refractivity contribution in [2.45, 2.75) is 32.6 Å². The molecule has 0 unspecified atom stereocenters. The van der Waals surface area contributed by atoms with Gasteiger partial charge >= 0.3 is 0 Å². The van der Waals surface area contributed by atoms with Crippen LogP contribution in [0.1, 0.15) is 32.8 Å². The van der Waals surface area contributed by atoms with E-state index in [0.717, 1.165) is 11.3 Å². The number of rotatable bonds is 3. The molecule has 0 spiro atoms. The molecular formula is C14H17NO2. The van der Waals surface area contributed by atoms with Crippen molar-refractivity contribution in [2.24, 2.45) is 0 Å². The number of fused-ring (bicyclic) bond motifs is 1. The molecule has 1 heterocycles. The maximum Gasteiger partial charge on any atom is 0.237 e. The maximum atomic E-state index is 12.3. The van der Waals surface area contributed by atoms with Gasteiger partial charge in [-0.15, -0.1) is 0 Å². The lowest BCUT2D eigenvalue weighted by atomic mass is 9.86.